The summed E-state index contributed by atoms with van der Waals surface area (Å²) in [6.07, 6.45) is 10.5. The van der Waals surface area contributed by atoms with Gasteiger partial charge in [0.05, 0.1) is 12.7 Å². The lowest BCUT2D eigenvalue weighted by atomic mass is 9.46. The van der Waals surface area contributed by atoms with E-state index in [1.54, 1.807) is 5.57 Å². The molecular formula is C20H34O2. The Labute approximate surface area is 136 Å². The summed E-state index contributed by atoms with van der Waals surface area (Å²) < 4.78 is 0. The van der Waals surface area contributed by atoms with Gasteiger partial charge in [0, 0.05) is 0 Å². The molecule has 0 heterocycles. The van der Waals surface area contributed by atoms with Gasteiger partial charge in [-0.3, -0.25) is 0 Å². The van der Waals surface area contributed by atoms with Crippen molar-refractivity contribution >= 4 is 0 Å². The third kappa shape index (κ3) is 2.38. The number of aliphatic hydroxyl groups is 2. The topological polar surface area (TPSA) is 40.5 Å². The highest BCUT2D eigenvalue weighted by Crippen LogP contribution is 2.63. The Hall–Kier alpha value is -0.340. The van der Waals surface area contributed by atoms with Crippen molar-refractivity contribution in [1.29, 1.82) is 0 Å². The average Bonchev–Trinajstić information content (AvgIpc) is 2.47. The molecule has 126 valence electrons. The fourth-order valence-electron chi connectivity index (χ4n) is 5.88. The van der Waals surface area contributed by atoms with E-state index >= 15 is 0 Å². The van der Waals surface area contributed by atoms with Crippen molar-refractivity contribution in [1.82, 2.24) is 0 Å². The van der Waals surface area contributed by atoms with Crippen LogP contribution in [0.1, 0.15) is 72.6 Å². The molecule has 3 rings (SSSR count). The first-order valence-corrected chi connectivity index (χ1v) is 9.22. The average molecular weight is 306 g/mol. The van der Waals surface area contributed by atoms with Gasteiger partial charge in [-0.15, -0.1) is 0 Å². The number of hydrogen-bond donors (Lipinski definition) is 2. The van der Waals surface area contributed by atoms with Gasteiger partial charge in [-0.05, 0) is 66.6 Å². The third-order valence-electron chi connectivity index (χ3n) is 7.73. The van der Waals surface area contributed by atoms with Gasteiger partial charge in [0.2, 0.25) is 0 Å². The molecule has 2 nitrogen and oxygen atoms in total. The van der Waals surface area contributed by atoms with Crippen molar-refractivity contribution in [2.75, 3.05) is 6.61 Å². The van der Waals surface area contributed by atoms with Crippen LogP contribution in [0.5, 0.6) is 0 Å². The lowest BCUT2D eigenvalue weighted by molar-refractivity contribution is -0.0909. The van der Waals surface area contributed by atoms with E-state index in [4.69, 9.17) is 0 Å². The Balaban J connectivity index is 1.89. The summed E-state index contributed by atoms with van der Waals surface area (Å²) >= 11 is 0. The lowest BCUT2D eigenvalue weighted by Crippen LogP contribution is -2.51. The molecule has 5 unspecified atom stereocenters. The zero-order valence-corrected chi connectivity index (χ0v) is 14.9. The van der Waals surface area contributed by atoms with Crippen molar-refractivity contribution in [3.05, 3.63) is 11.6 Å². The van der Waals surface area contributed by atoms with E-state index < -0.39 is 6.10 Å². The van der Waals surface area contributed by atoms with Gasteiger partial charge in [0.15, 0.2) is 0 Å². The highest BCUT2D eigenvalue weighted by atomic mass is 16.3. The first-order chi connectivity index (χ1) is 10.2. The van der Waals surface area contributed by atoms with Crippen LogP contribution >= 0.6 is 0 Å². The number of hydrogen-bond acceptors (Lipinski definition) is 2. The van der Waals surface area contributed by atoms with Crippen molar-refractivity contribution in [2.45, 2.75) is 78.7 Å². The van der Waals surface area contributed by atoms with Crippen LogP contribution in [0.25, 0.3) is 0 Å². The lowest BCUT2D eigenvalue weighted by Gasteiger charge is -2.59. The van der Waals surface area contributed by atoms with Crippen LogP contribution in [0.4, 0.5) is 0 Å². The minimum absolute atomic E-state index is 0.0997. The zero-order chi connectivity index (χ0) is 16.2. The van der Waals surface area contributed by atoms with Crippen LogP contribution in [-0.2, 0) is 0 Å². The Morgan fingerprint density at radius 2 is 1.91 bits per heavy atom. The minimum Gasteiger partial charge on any atom is -0.394 e. The molecule has 3 aliphatic carbocycles. The standard InChI is InChI=1S/C20H34O2/c1-18(2)9-5-6-16-15(18)8-7-14-12-19(3,17(22)13-21)10-11-20(14,16)4/h8,14,16-17,21-22H,5-7,9-13H2,1-4H3. The summed E-state index contributed by atoms with van der Waals surface area (Å²) in [6, 6.07) is 0. The van der Waals surface area contributed by atoms with Gasteiger partial charge in [-0.1, -0.05) is 45.8 Å². The molecule has 0 aliphatic heterocycles. The monoisotopic (exact) mass is 306 g/mol. The molecule has 0 aromatic rings. The van der Waals surface area contributed by atoms with Gasteiger partial charge >= 0.3 is 0 Å². The zero-order valence-electron chi connectivity index (χ0n) is 14.9. The highest BCUT2D eigenvalue weighted by molar-refractivity contribution is 5.26. The SMILES string of the molecule is CC1(C)CCCC2C1=CCC1CC(C)(C(O)CO)CCC12C. The molecule has 0 bridgehead atoms. The fraction of sp³-hybridized carbons (Fsp3) is 0.900. The van der Waals surface area contributed by atoms with Crippen LogP contribution in [0, 0.1) is 28.1 Å². The first-order valence-electron chi connectivity index (χ1n) is 9.22. The number of rotatable bonds is 2. The van der Waals surface area contributed by atoms with Gasteiger partial charge in [-0.2, -0.15) is 0 Å². The quantitative estimate of drug-likeness (QED) is 0.746. The van der Waals surface area contributed by atoms with Gasteiger partial charge in [-0.25, -0.2) is 0 Å². The molecule has 2 saturated carbocycles. The second kappa shape index (κ2) is 5.34. The Bertz CT molecular complexity index is 466. The molecule has 3 aliphatic rings. The van der Waals surface area contributed by atoms with Gasteiger partial charge in [0.1, 0.15) is 0 Å². The summed E-state index contributed by atoms with van der Waals surface area (Å²) in [6.45, 7) is 9.45. The maximum atomic E-state index is 10.3. The van der Waals surface area contributed by atoms with Crippen LogP contribution in [0.15, 0.2) is 11.6 Å². The van der Waals surface area contributed by atoms with Crippen LogP contribution in [0.2, 0.25) is 0 Å². The van der Waals surface area contributed by atoms with E-state index in [-0.39, 0.29) is 12.0 Å². The molecule has 5 atom stereocenters. The highest BCUT2D eigenvalue weighted by Gasteiger charge is 2.54. The molecule has 0 aromatic heterocycles. The summed E-state index contributed by atoms with van der Waals surface area (Å²) in [5.74, 6) is 1.40. The molecule has 0 radical (unpaired) electrons. The molecule has 2 fully saturated rings. The fourth-order valence-corrected chi connectivity index (χ4v) is 5.88. The predicted molar refractivity (Wildman–Crippen MR) is 90.5 cm³/mol. The molecule has 0 amide bonds. The Kier molecular flexibility index (Phi) is 4.01. The minimum atomic E-state index is -0.565. The predicted octanol–water partition coefficient (Wildman–Crippen LogP) is 4.31. The van der Waals surface area contributed by atoms with E-state index in [0.29, 0.717) is 16.7 Å². The van der Waals surface area contributed by atoms with Crippen molar-refractivity contribution in [3.8, 4) is 0 Å². The van der Waals surface area contributed by atoms with E-state index in [1.165, 1.54) is 32.1 Å². The Morgan fingerprint density at radius 3 is 2.59 bits per heavy atom. The van der Waals surface area contributed by atoms with Crippen molar-refractivity contribution < 1.29 is 10.2 Å². The largest absolute Gasteiger partial charge is 0.394 e. The second-order valence-corrected chi connectivity index (χ2v) is 9.48. The molecule has 0 saturated heterocycles. The Morgan fingerprint density at radius 1 is 1.18 bits per heavy atom. The number of allylic oxidation sites excluding steroid dienone is 2. The van der Waals surface area contributed by atoms with Crippen molar-refractivity contribution in [3.63, 3.8) is 0 Å². The summed E-state index contributed by atoms with van der Waals surface area (Å²) in [5, 5.41) is 19.7. The van der Waals surface area contributed by atoms with E-state index in [2.05, 4.69) is 33.8 Å². The maximum Gasteiger partial charge on any atom is 0.0824 e. The maximum absolute atomic E-state index is 10.3. The molecular weight excluding hydrogens is 272 g/mol. The van der Waals surface area contributed by atoms with Crippen molar-refractivity contribution in [2.24, 2.45) is 28.1 Å². The van der Waals surface area contributed by atoms with Crippen LogP contribution in [-0.4, -0.2) is 22.9 Å². The number of aliphatic hydroxyl groups excluding tert-OH is 2. The van der Waals surface area contributed by atoms with E-state index in [9.17, 15) is 10.2 Å². The molecule has 2 N–H and O–H groups in total. The molecule has 0 aromatic carbocycles. The first kappa shape index (κ1) is 16.5. The second-order valence-electron chi connectivity index (χ2n) is 9.48. The summed E-state index contributed by atoms with van der Waals surface area (Å²) in [4.78, 5) is 0. The smallest absolute Gasteiger partial charge is 0.0824 e. The van der Waals surface area contributed by atoms with E-state index in [1.807, 2.05) is 0 Å². The summed E-state index contributed by atoms with van der Waals surface area (Å²) in [5.41, 5.74) is 2.40. The third-order valence-corrected chi connectivity index (χ3v) is 7.73. The summed E-state index contributed by atoms with van der Waals surface area (Å²) in [7, 11) is 0. The number of fused-ring (bicyclic) bond motifs is 3. The van der Waals surface area contributed by atoms with Gasteiger partial charge < -0.3 is 10.2 Å². The molecule has 2 heteroatoms. The normalized spacial score (nSPS) is 45.5. The van der Waals surface area contributed by atoms with Crippen LogP contribution < -0.4 is 0 Å². The molecule has 0 spiro atoms. The van der Waals surface area contributed by atoms with Gasteiger partial charge in [0.25, 0.3) is 0 Å². The molecule has 22 heavy (non-hydrogen) atoms. The van der Waals surface area contributed by atoms with E-state index in [0.717, 1.165) is 18.8 Å². The van der Waals surface area contributed by atoms with Crippen LogP contribution in [0.3, 0.4) is 0 Å².